The van der Waals surface area contributed by atoms with Crippen LogP contribution in [-0.2, 0) is 4.79 Å². The quantitative estimate of drug-likeness (QED) is 0.445. The Balaban J connectivity index is 3.58. The van der Waals surface area contributed by atoms with Gasteiger partial charge in [0.05, 0.1) is 0 Å². The summed E-state index contributed by atoms with van der Waals surface area (Å²) in [6.07, 6.45) is 10.6. The van der Waals surface area contributed by atoms with E-state index >= 15 is 0 Å². The number of nitrogens with two attached hydrogens (primary N) is 1. The van der Waals surface area contributed by atoms with Crippen LogP contribution in [0.25, 0.3) is 0 Å². The van der Waals surface area contributed by atoms with E-state index in [9.17, 15) is 4.79 Å². The second kappa shape index (κ2) is 10.7. The molecule has 0 heterocycles. The average molecular weight is 227 g/mol. The predicted molar refractivity (Wildman–Crippen MR) is 67.0 cm³/mol. The maximum atomic E-state index is 10.9. The molecule has 0 radical (unpaired) electrons. The minimum Gasteiger partial charge on any atom is -0.396 e. The van der Waals surface area contributed by atoms with E-state index in [-0.39, 0.29) is 6.61 Å². The fourth-order valence-corrected chi connectivity index (χ4v) is 1.65. The third-order valence-corrected chi connectivity index (χ3v) is 2.65. The Hall–Kier alpha value is -0.830. The van der Waals surface area contributed by atoms with E-state index in [0.717, 1.165) is 12.8 Å². The van der Waals surface area contributed by atoms with E-state index in [4.69, 9.17) is 10.8 Å². The predicted octanol–water partition coefficient (Wildman–Crippen LogP) is 2.53. The Bertz CT molecular complexity index is 212. The highest BCUT2D eigenvalue weighted by molar-refractivity contribution is 5.91. The molecular weight excluding hydrogens is 202 g/mol. The van der Waals surface area contributed by atoms with Crippen LogP contribution in [0.2, 0.25) is 0 Å². The summed E-state index contributed by atoms with van der Waals surface area (Å²) in [5.74, 6) is -0.403. The molecule has 0 aliphatic carbocycles. The highest BCUT2D eigenvalue weighted by Gasteiger charge is 2.02. The van der Waals surface area contributed by atoms with Crippen molar-refractivity contribution in [2.75, 3.05) is 6.61 Å². The van der Waals surface area contributed by atoms with E-state index in [2.05, 4.69) is 6.92 Å². The lowest BCUT2D eigenvalue weighted by molar-refractivity contribution is -0.114. The van der Waals surface area contributed by atoms with Crippen molar-refractivity contribution in [3.05, 3.63) is 11.6 Å². The van der Waals surface area contributed by atoms with Gasteiger partial charge >= 0.3 is 0 Å². The molecule has 3 nitrogen and oxygen atoms in total. The van der Waals surface area contributed by atoms with Crippen molar-refractivity contribution >= 4 is 5.91 Å². The molecule has 16 heavy (non-hydrogen) atoms. The van der Waals surface area contributed by atoms with Crippen molar-refractivity contribution in [2.24, 2.45) is 5.73 Å². The van der Waals surface area contributed by atoms with Gasteiger partial charge in [0.1, 0.15) is 0 Å². The van der Waals surface area contributed by atoms with Crippen LogP contribution < -0.4 is 5.73 Å². The first-order valence-electron chi connectivity index (χ1n) is 6.32. The molecule has 0 unspecified atom stereocenters. The van der Waals surface area contributed by atoms with Crippen molar-refractivity contribution in [3.63, 3.8) is 0 Å². The molecule has 3 heteroatoms. The molecule has 0 rings (SSSR count). The molecule has 0 aromatic carbocycles. The fourth-order valence-electron chi connectivity index (χ4n) is 1.65. The lowest BCUT2D eigenvalue weighted by Crippen LogP contribution is -2.14. The van der Waals surface area contributed by atoms with Crippen LogP contribution in [0.3, 0.4) is 0 Å². The largest absolute Gasteiger partial charge is 0.396 e. The molecule has 0 saturated heterocycles. The number of rotatable bonds is 10. The standard InChI is InChI=1S/C13H25NO2/c1-2-3-4-5-6-7-8-9-12(10-11-15)13(14)16/h9,15H,2-8,10-11H2,1H3,(H2,14,16). The first kappa shape index (κ1) is 15.2. The van der Waals surface area contributed by atoms with Gasteiger partial charge in [0.25, 0.3) is 0 Å². The van der Waals surface area contributed by atoms with E-state index in [1.807, 2.05) is 6.08 Å². The minimum absolute atomic E-state index is 0.00866. The maximum absolute atomic E-state index is 10.9. The molecule has 0 aliphatic rings. The van der Waals surface area contributed by atoms with Crippen LogP contribution >= 0.6 is 0 Å². The number of hydrogen-bond acceptors (Lipinski definition) is 2. The van der Waals surface area contributed by atoms with E-state index < -0.39 is 5.91 Å². The van der Waals surface area contributed by atoms with Crippen LogP contribution in [0.1, 0.15) is 58.3 Å². The number of unbranched alkanes of at least 4 members (excludes halogenated alkanes) is 6. The Morgan fingerprint density at radius 1 is 1.19 bits per heavy atom. The van der Waals surface area contributed by atoms with Crippen LogP contribution in [0, 0.1) is 0 Å². The van der Waals surface area contributed by atoms with Crippen LogP contribution in [-0.4, -0.2) is 17.6 Å². The van der Waals surface area contributed by atoms with Crippen molar-refractivity contribution < 1.29 is 9.90 Å². The summed E-state index contributed by atoms with van der Waals surface area (Å²) in [6, 6.07) is 0. The highest BCUT2D eigenvalue weighted by atomic mass is 16.3. The second-order valence-electron chi connectivity index (χ2n) is 4.12. The smallest absolute Gasteiger partial charge is 0.244 e. The summed E-state index contributed by atoms with van der Waals surface area (Å²) in [6.45, 7) is 2.20. The first-order valence-corrected chi connectivity index (χ1v) is 6.32. The Labute approximate surface area is 98.7 Å². The van der Waals surface area contributed by atoms with Gasteiger partial charge in [-0.25, -0.2) is 0 Å². The number of aliphatic hydroxyl groups excluding tert-OH is 1. The molecular formula is C13H25NO2. The maximum Gasteiger partial charge on any atom is 0.244 e. The third kappa shape index (κ3) is 8.48. The van der Waals surface area contributed by atoms with Crippen LogP contribution in [0.4, 0.5) is 0 Å². The summed E-state index contributed by atoms with van der Waals surface area (Å²) in [7, 11) is 0. The summed E-state index contributed by atoms with van der Waals surface area (Å²) in [5, 5.41) is 8.74. The molecule has 0 fully saturated rings. The Morgan fingerprint density at radius 3 is 2.38 bits per heavy atom. The van der Waals surface area contributed by atoms with Gasteiger partial charge < -0.3 is 10.8 Å². The number of carbonyl (C=O) groups excluding carboxylic acids is 1. The number of aliphatic hydroxyl groups is 1. The zero-order chi connectivity index (χ0) is 12.2. The monoisotopic (exact) mass is 227 g/mol. The van der Waals surface area contributed by atoms with Crippen molar-refractivity contribution in [1.29, 1.82) is 0 Å². The number of hydrogen-bond donors (Lipinski definition) is 2. The number of carbonyl (C=O) groups is 1. The molecule has 0 spiro atoms. The molecule has 3 N–H and O–H groups in total. The van der Waals surface area contributed by atoms with Gasteiger partial charge in [0, 0.05) is 18.6 Å². The molecule has 0 atom stereocenters. The normalized spacial score (nSPS) is 11.8. The summed E-state index contributed by atoms with van der Waals surface area (Å²) in [5.41, 5.74) is 5.75. The second-order valence-corrected chi connectivity index (χ2v) is 4.12. The van der Waals surface area contributed by atoms with Gasteiger partial charge in [0.15, 0.2) is 0 Å². The fraction of sp³-hybridized carbons (Fsp3) is 0.769. The first-order chi connectivity index (χ1) is 7.72. The Kier molecular flexibility index (Phi) is 10.1. The molecule has 0 aliphatic heterocycles. The van der Waals surface area contributed by atoms with Gasteiger partial charge in [-0.1, -0.05) is 45.1 Å². The summed E-state index contributed by atoms with van der Waals surface area (Å²) in [4.78, 5) is 10.9. The van der Waals surface area contributed by atoms with Crippen LogP contribution in [0.15, 0.2) is 11.6 Å². The number of allylic oxidation sites excluding steroid dienone is 1. The molecule has 0 aromatic rings. The van der Waals surface area contributed by atoms with Gasteiger partial charge in [0.2, 0.25) is 5.91 Å². The third-order valence-electron chi connectivity index (χ3n) is 2.65. The summed E-state index contributed by atoms with van der Waals surface area (Å²) < 4.78 is 0. The van der Waals surface area contributed by atoms with Crippen molar-refractivity contribution in [3.8, 4) is 0 Å². The van der Waals surface area contributed by atoms with E-state index in [0.29, 0.717) is 12.0 Å². The molecule has 1 amide bonds. The number of amides is 1. The lowest BCUT2D eigenvalue weighted by atomic mass is 10.1. The van der Waals surface area contributed by atoms with Gasteiger partial charge in [-0.05, 0) is 12.8 Å². The topological polar surface area (TPSA) is 63.3 Å². The van der Waals surface area contributed by atoms with Crippen LogP contribution in [0.5, 0.6) is 0 Å². The molecule has 94 valence electrons. The van der Waals surface area contributed by atoms with Gasteiger partial charge in [-0.3, -0.25) is 4.79 Å². The lowest BCUT2D eigenvalue weighted by Gasteiger charge is -2.01. The number of primary amides is 1. The van der Waals surface area contributed by atoms with E-state index in [1.165, 1.54) is 32.1 Å². The zero-order valence-electron chi connectivity index (χ0n) is 10.4. The van der Waals surface area contributed by atoms with Crippen molar-refractivity contribution in [1.82, 2.24) is 0 Å². The molecule has 0 saturated carbocycles. The van der Waals surface area contributed by atoms with Gasteiger partial charge in [-0.2, -0.15) is 0 Å². The van der Waals surface area contributed by atoms with E-state index in [1.54, 1.807) is 0 Å². The Morgan fingerprint density at radius 2 is 1.81 bits per heavy atom. The van der Waals surface area contributed by atoms with Gasteiger partial charge in [-0.15, -0.1) is 0 Å². The zero-order valence-corrected chi connectivity index (χ0v) is 10.4. The minimum atomic E-state index is -0.403. The molecule has 0 aromatic heterocycles. The highest BCUT2D eigenvalue weighted by Crippen LogP contribution is 2.09. The SMILES string of the molecule is CCCCCCCCC=C(CCO)C(N)=O. The average Bonchev–Trinajstić information content (AvgIpc) is 2.26. The molecule has 0 bridgehead atoms. The van der Waals surface area contributed by atoms with Crippen molar-refractivity contribution in [2.45, 2.75) is 58.3 Å². The summed E-state index contributed by atoms with van der Waals surface area (Å²) >= 11 is 0.